The predicted octanol–water partition coefficient (Wildman–Crippen LogP) is 2.10. The number of pyridine rings is 1. The van der Waals surface area contributed by atoms with Crippen LogP contribution in [-0.4, -0.2) is 47.1 Å². The number of amides is 1. The van der Waals surface area contributed by atoms with E-state index in [0.29, 0.717) is 26.3 Å². The van der Waals surface area contributed by atoms with E-state index in [-0.39, 0.29) is 5.91 Å². The lowest BCUT2D eigenvalue weighted by Crippen LogP contribution is -2.40. The summed E-state index contributed by atoms with van der Waals surface area (Å²) >= 11 is 1.52. The summed E-state index contributed by atoms with van der Waals surface area (Å²) in [6.07, 6.45) is 5.37. The zero-order valence-electron chi connectivity index (χ0n) is 12.6. The van der Waals surface area contributed by atoms with E-state index in [9.17, 15) is 4.79 Å². The van der Waals surface area contributed by atoms with Gasteiger partial charge in [0.1, 0.15) is 4.88 Å². The number of thiazole rings is 1. The minimum atomic E-state index is 0.0912. The van der Waals surface area contributed by atoms with Crippen LogP contribution in [0.2, 0.25) is 0 Å². The molecule has 1 amide bonds. The van der Waals surface area contributed by atoms with Gasteiger partial charge >= 0.3 is 0 Å². The highest BCUT2D eigenvalue weighted by atomic mass is 32.1. The third kappa shape index (κ3) is 3.51. The SMILES string of the molecule is Cc1nc(CCc2ccncc2)sc1C(=O)N1CCOCC1. The molecule has 3 heterocycles. The Hall–Kier alpha value is -1.79. The number of carbonyl (C=O) groups is 1. The Kier molecular flexibility index (Phi) is 4.80. The minimum absolute atomic E-state index is 0.0912. The van der Waals surface area contributed by atoms with Gasteiger partial charge < -0.3 is 9.64 Å². The van der Waals surface area contributed by atoms with Gasteiger partial charge in [-0.05, 0) is 31.0 Å². The highest BCUT2D eigenvalue weighted by molar-refractivity contribution is 7.13. The molecule has 5 nitrogen and oxygen atoms in total. The average molecular weight is 317 g/mol. The van der Waals surface area contributed by atoms with Crippen LogP contribution in [0, 0.1) is 6.92 Å². The van der Waals surface area contributed by atoms with Gasteiger partial charge in [0, 0.05) is 31.9 Å². The first-order valence-corrected chi connectivity index (χ1v) is 8.28. The molecule has 0 saturated carbocycles. The summed E-state index contributed by atoms with van der Waals surface area (Å²) in [5.41, 5.74) is 2.08. The number of hydrogen-bond acceptors (Lipinski definition) is 5. The van der Waals surface area contributed by atoms with Crippen molar-refractivity contribution < 1.29 is 9.53 Å². The molecule has 1 fully saturated rings. The van der Waals surface area contributed by atoms with Crippen LogP contribution < -0.4 is 0 Å². The molecular formula is C16H19N3O2S. The number of rotatable bonds is 4. The van der Waals surface area contributed by atoms with Crippen LogP contribution in [-0.2, 0) is 17.6 Å². The van der Waals surface area contributed by atoms with Gasteiger partial charge in [0.05, 0.1) is 23.9 Å². The van der Waals surface area contributed by atoms with Gasteiger partial charge in [-0.15, -0.1) is 11.3 Å². The Morgan fingerprint density at radius 2 is 2.00 bits per heavy atom. The van der Waals surface area contributed by atoms with Crippen LogP contribution in [0.15, 0.2) is 24.5 Å². The molecule has 0 bridgehead atoms. The zero-order valence-corrected chi connectivity index (χ0v) is 13.4. The molecule has 6 heteroatoms. The fourth-order valence-corrected chi connectivity index (χ4v) is 3.50. The molecule has 0 unspecified atom stereocenters. The molecule has 1 aliphatic heterocycles. The lowest BCUT2D eigenvalue weighted by molar-refractivity contribution is 0.0305. The van der Waals surface area contributed by atoms with Crippen LogP contribution >= 0.6 is 11.3 Å². The second-order valence-corrected chi connectivity index (χ2v) is 6.37. The molecule has 2 aromatic rings. The molecule has 0 aromatic carbocycles. The van der Waals surface area contributed by atoms with E-state index in [1.807, 2.05) is 24.0 Å². The molecular weight excluding hydrogens is 298 g/mol. The molecule has 0 radical (unpaired) electrons. The Balaban J connectivity index is 1.66. The average Bonchev–Trinajstić information content (AvgIpc) is 2.95. The number of hydrogen-bond donors (Lipinski definition) is 0. The normalized spacial score (nSPS) is 15.0. The van der Waals surface area contributed by atoms with Crippen molar-refractivity contribution in [3.8, 4) is 0 Å². The minimum Gasteiger partial charge on any atom is -0.378 e. The monoisotopic (exact) mass is 317 g/mol. The summed E-state index contributed by atoms with van der Waals surface area (Å²) in [7, 11) is 0. The fourth-order valence-electron chi connectivity index (χ4n) is 2.47. The number of morpholine rings is 1. The third-order valence-electron chi connectivity index (χ3n) is 3.71. The van der Waals surface area contributed by atoms with E-state index < -0.39 is 0 Å². The van der Waals surface area contributed by atoms with Crippen LogP contribution in [0.5, 0.6) is 0 Å². The summed E-state index contributed by atoms with van der Waals surface area (Å²) in [5.74, 6) is 0.0912. The lowest BCUT2D eigenvalue weighted by atomic mass is 10.1. The number of ether oxygens (including phenoxy) is 1. The van der Waals surface area contributed by atoms with Crippen molar-refractivity contribution in [2.45, 2.75) is 19.8 Å². The van der Waals surface area contributed by atoms with E-state index in [1.54, 1.807) is 12.4 Å². The van der Waals surface area contributed by atoms with Gasteiger partial charge in [0.25, 0.3) is 5.91 Å². The maximum Gasteiger partial charge on any atom is 0.266 e. The van der Waals surface area contributed by atoms with Crippen LogP contribution in [0.1, 0.15) is 25.9 Å². The molecule has 0 atom stereocenters. The number of nitrogens with zero attached hydrogens (tertiary/aromatic N) is 3. The van der Waals surface area contributed by atoms with Gasteiger partial charge in [-0.1, -0.05) is 0 Å². The van der Waals surface area contributed by atoms with Crippen molar-refractivity contribution in [3.05, 3.63) is 45.7 Å². The largest absolute Gasteiger partial charge is 0.378 e. The van der Waals surface area contributed by atoms with Gasteiger partial charge in [0.15, 0.2) is 0 Å². The van der Waals surface area contributed by atoms with E-state index in [1.165, 1.54) is 16.9 Å². The maximum atomic E-state index is 12.5. The van der Waals surface area contributed by atoms with E-state index >= 15 is 0 Å². The molecule has 0 spiro atoms. The summed E-state index contributed by atoms with van der Waals surface area (Å²) in [6, 6.07) is 4.03. The standard InChI is InChI=1S/C16H19N3O2S/c1-12-15(16(20)19-8-10-21-11-9-19)22-14(18-12)3-2-13-4-6-17-7-5-13/h4-7H,2-3,8-11H2,1H3. The van der Waals surface area contributed by atoms with E-state index in [2.05, 4.69) is 9.97 Å². The van der Waals surface area contributed by atoms with Crippen molar-refractivity contribution in [2.75, 3.05) is 26.3 Å². The smallest absolute Gasteiger partial charge is 0.266 e. The molecule has 3 rings (SSSR count). The number of aryl methyl sites for hydroxylation is 3. The highest BCUT2D eigenvalue weighted by Crippen LogP contribution is 2.22. The van der Waals surface area contributed by atoms with Crippen LogP contribution in [0.25, 0.3) is 0 Å². The lowest BCUT2D eigenvalue weighted by Gasteiger charge is -2.26. The summed E-state index contributed by atoms with van der Waals surface area (Å²) < 4.78 is 5.30. The van der Waals surface area contributed by atoms with Crippen LogP contribution in [0.3, 0.4) is 0 Å². The van der Waals surface area contributed by atoms with Crippen LogP contribution in [0.4, 0.5) is 0 Å². The van der Waals surface area contributed by atoms with E-state index in [0.717, 1.165) is 28.4 Å². The quantitative estimate of drug-likeness (QED) is 0.866. The van der Waals surface area contributed by atoms with Gasteiger partial charge in [-0.3, -0.25) is 9.78 Å². The van der Waals surface area contributed by atoms with Gasteiger partial charge in [0.2, 0.25) is 0 Å². The first-order chi connectivity index (χ1) is 10.7. The molecule has 22 heavy (non-hydrogen) atoms. The second-order valence-electron chi connectivity index (χ2n) is 5.28. The number of aromatic nitrogens is 2. The molecule has 1 aliphatic rings. The fraction of sp³-hybridized carbons (Fsp3) is 0.438. The summed E-state index contributed by atoms with van der Waals surface area (Å²) in [4.78, 5) is 23.8. The van der Waals surface area contributed by atoms with E-state index in [4.69, 9.17) is 4.74 Å². The Morgan fingerprint density at radius 3 is 2.73 bits per heavy atom. The first-order valence-electron chi connectivity index (χ1n) is 7.46. The molecule has 2 aromatic heterocycles. The summed E-state index contributed by atoms with van der Waals surface area (Å²) in [6.45, 7) is 4.50. The molecule has 0 aliphatic carbocycles. The second kappa shape index (κ2) is 6.98. The van der Waals surface area contributed by atoms with Gasteiger partial charge in [-0.2, -0.15) is 0 Å². The van der Waals surface area contributed by atoms with Crippen molar-refractivity contribution in [3.63, 3.8) is 0 Å². The van der Waals surface area contributed by atoms with Crippen molar-refractivity contribution in [2.24, 2.45) is 0 Å². The third-order valence-corrected chi connectivity index (χ3v) is 4.92. The highest BCUT2D eigenvalue weighted by Gasteiger charge is 2.23. The Morgan fingerprint density at radius 1 is 1.27 bits per heavy atom. The predicted molar refractivity (Wildman–Crippen MR) is 85.2 cm³/mol. The van der Waals surface area contributed by atoms with Crippen molar-refractivity contribution in [1.29, 1.82) is 0 Å². The van der Waals surface area contributed by atoms with Crippen molar-refractivity contribution >= 4 is 17.2 Å². The Labute approximate surface area is 134 Å². The zero-order chi connectivity index (χ0) is 15.4. The summed E-state index contributed by atoms with van der Waals surface area (Å²) in [5, 5.41) is 1.02. The van der Waals surface area contributed by atoms with Crippen molar-refractivity contribution in [1.82, 2.24) is 14.9 Å². The molecule has 116 valence electrons. The topological polar surface area (TPSA) is 55.3 Å². The number of carbonyl (C=O) groups excluding carboxylic acids is 1. The first kappa shape index (κ1) is 15.1. The Bertz CT molecular complexity index is 636. The molecule has 0 N–H and O–H groups in total. The maximum absolute atomic E-state index is 12.5. The molecule has 1 saturated heterocycles. The van der Waals surface area contributed by atoms with Gasteiger partial charge in [-0.25, -0.2) is 4.98 Å².